The van der Waals surface area contributed by atoms with Crippen molar-refractivity contribution in [1.82, 2.24) is 10.2 Å². The lowest BCUT2D eigenvalue weighted by Crippen LogP contribution is -2.30. The Hall–Kier alpha value is -2.91. The normalized spacial score (nSPS) is 14.7. The number of hydrogen-bond donors (Lipinski definition) is 1. The molecule has 4 rings (SSSR count). The molecule has 0 unspecified atom stereocenters. The van der Waals surface area contributed by atoms with Gasteiger partial charge in [0.25, 0.3) is 5.91 Å². The van der Waals surface area contributed by atoms with Crippen LogP contribution in [-0.2, 0) is 6.54 Å². The molecule has 0 spiro atoms. The molecule has 0 radical (unpaired) electrons. The van der Waals surface area contributed by atoms with E-state index < -0.39 is 0 Å². The van der Waals surface area contributed by atoms with Gasteiger partial charge in [-0.3, -0.25) is 9.69 Å². The summed E-state index contributed by atoms with van der Waals surface area (Å²) in [6.07, 6.45) is 3.93. The van der Waals surface area contributed by atoms with E-state index in [1.165, 1.54) is 37.9 Å². The van der Waals surface area contributed by atoms with Crippen LogP contribution in [0.5, 0.6) is 0 Å². The van der Waals surface area contributed by atoms with E-state index in [4.69, 9.17) is 0 Å². The number of amides is 1. The van der Waals surface area contributed by atoms with Crippen LogP contribution in [0.2, 0.25) is 0 Å². The molecule has 0 saturated carbocycles. The second-order valence-electron chi connectivity index (χ2n) is 7.76. The number of carbonyl (C=O) groups is 1. The number of likely N-dealkylation sites (tertiary alicyclic amines) is 1. The van der Waals surface area contributed by atoms with Crippen molar-refractivity contribution < 1.29 is 4.79 Å². The zero-order chi connectivity index (χ0) is 19.9. The standard InChI is InChI=1S/C26H28N2O/c29-26(24-16-14-21(15-17-24)20-28-18-8-3-9-19-28)27-25(22-10-4-1-5-11-22)23-12-6-2-7-13-23/h1-2,4-7,10-17,25H,3,8-9,18-20H2,(H,27,29). The molecule has 0 atom stereocenters. The van der Waals surface area contributed by atoms with Gasteiger partial charge in [0, 0.05) is 12.1 Å². The molecular weight excluding hydrogens is 356 g/mol. The van der Waals surface area contributed by atoms with Crippen molar-refractivity contribution in [3.8, 4) is 0 Å². The lowest BCUT2D eigenvalue weighted by molar-refractivity contribution is 0.0943. The average Bonchev–Trinajstić information content (AvgIpc) is 2.80. The van der Waals surface area contributed by atoms with Crippen LogP contribution in [0.1, 0.15) is 52.4 Å². The van der Waals surface area contributed by atoms with E-state index in [2.05, 4.69) is 46.6 Å². The fourth-order valence-corrected chi connectivity index (χ4v) is 4.00. The Morgan fingerprint density at radius 2 is 1.31 bits per heavy atom. The third-order valence-electron chi connectivity index (χ3n) is 5.61. The Morgan fingerprint density at radius 1 is 0.759 bits per heavy atom. The molecule has 1 amide bonds. The van der Waals surface area contributed by atoms with Crippen molar-refractivity contribution in [2.24, 2.45) is 0 Å². The lowest BCUT2D eigenvalue weighted by atomic mass is 9.98. The highest BCUT2D eigenvalue weighted by Crippen LogP contribution is 2.22. The predicted molar refractivity (Wildman–Crippen MR) is 118 cm³/mol. The minimum Gasteiger partial charge on any atom is -0.341 e. The van der Waals surface area contributed by atoms with E-state index in [1.54, 1.807) is 0 Å². The van der Waals surface area contributed by atoms with Crippen LogP contribution in [-0.4, -0.2) is 23.9 Å². The van der Waals surface area contributed by atoms with Gasteiger partial charge in [-0.05, 0) is 54.8 Å². The topological polar surface area (TPSA) is 32.3 Å². The second kappa shape index (κ2) is 9.53. The molecule has 148 valence electrons. The minimum absolute atomic E-state index is 0.0489. The molecule has 0 aromatic heterocycles. The summed E-state index contributed by atoms with van der Waals surface area (Å²) < 4.78 is 0. The van der Waals surface area contributed by atoms with Crippen LogP contribution < -0.4 is 5.32 Å². The van der Waals surface area contributed by atoms with E-state index in [-0.39, 0.29) is 11.9 Å². The molecule has 1 heterocycles. The SMILES string of the molecule is O=C(NC(c1ccccc1)c1ccccc1)c1ccc(CN2CCCCC2)cc1. The molecule has 0 bridgehead atoms. The van der Waals surface area contributed by atoms with Gasteiger partial charge >= 0.3 is 0 Å². The van der Waals surface area contributed by atoms with Gasteiger partial charge in [0.1, 0.15) is 0 Å². The van der Waals surface area contributed by atoms with Gasteiger partial charge in [-0.15, -0.1) is 0 Å². The molecule has 1 saturated heterocycles. The van der Waals surface area contributed by atoms with E-state index in [0.29, 0.717) is 5.56 Å². The van der Waals surface area contributed by atoms with E-state index >= 15 is 0 Å². The van der Waals surface area contributed by atoms with Crippen molar-refractivity contribution >= 4 is 5.91 Å². The molecule has 1 aliphatic heterocycles. The zero-order valence-corrected chi connectivity index (χ0v) is 16.8. The monoisotopic (exact) mass is 384 g/mol. The highest BCUT2D eigenvalue weighted by molar-refractivity contribution is 5.94. The van der Waals surface area contributed by atoms with Crippen molar-refractivity contribution in [2.45, 2.75) is 31.8 Å². The first-order valence-corrected chi connectivity index (χ1v) is 10.5. The largest absolute Gasteiger partial charge is 0.341 e. The van der Waals surface area contributed by atoms with Crippen molar-refractivity contribution in [1.29, 1.82) is 0 Å². The molecular formula is C26H28N2O. The third-order valence-corrected chi connectivity index (χ3v) is 5.61. The number of rotatable bonds is 6. The van der Waals surface area contributed by atoms with Crippen LogP contribution in [0.3, 0.4) is 0 Å². The highest BCUT2D eigenvalue weighted by Gasteiger charge is 2.18. The Morgan fingerprint density at radius 3 is 1.86 bits per heavy atom. The predicted octanol–water partition coefficient (Wildman–Crippen LogP) is 5.19. The molecule has 29 heavy (non-hydrogen) atoms. The van der Waals surface area contributed by atoms with Crippen molar-refractivity contribution in [3.05, 3.63) is 107 Å². The van der Waals surface area contributed by atoms with Crippen LogP contribution in [0, 0.1) is 0 Å². The van der Waals surface area contributed by atoms with Gasteiger partial charge in [-0.1, -0.05) is 79.2 Å². The van der Waals surface area contributed by atoms with Gasteiger partial charge in [0.2, 0.25) is 0 Å². The molecule has 3 aromatic carbocycles. The van der Waals surface area contributed by atoms with Crippen LogP contribution in [0.15, 0.2) is 84.9 Å². The summed E-state index contributed by atoms with van der Waals surface area (Å²) in [7, 11) is 0. The summed E-state index contributed by atoms with van der Waals surface area (Å²) in [5, 5.41) is 3.22. The maximum atomic E-state index is 13.0. The zero-order valence-electron chi connectivity index (χ0n) is 16.8. The van der Waals surface area contributed by atoms with Gasteiger partial charge in [0.05, 0.1) is 6.04 Å². The number of piperidine rings is 1. The fraction of sp³-hybridized carbons (Fsp3) is 0.269. The van der Waals surface area contributed by atoms with Gasteiger partial charge < -0.3 is 5.32 Å². The van der Waals surface area contributed by atoms with E-state index in [1.807, 2.05) is 48.5 Å². The lowest BCUT2D eigenvalue weighted by Gasteiger charge is -2.26. The van der Waals surface area contributed by atoms with Crippen molar-refractivity contribution in [3.63, 3.8) is 0 Å². The Bertz CT molecular complexity index is 861. The van der Waals surface area contributed by atoms with Gasteiger partial charge in [-0.2, -0.15) is 0 Å². The van der Waals surface area contributed by atoms with Crippen LogP contribution in [0.25, 0.3) is 0 Å². The van der Waals surface area contributed by atoms with Crippen molar-refractivity contribution in [2.75, 3.05) is 13.1 Å². The number of nitrogens with zero attached hydrogens (tertiary/aromatic N) is 1. The summed E-state index contributed by atoms with van der Waals surface area (Å²) in [4.78, 5) is 15.5. The number of nitrogens with one attached hydrogen (secondary N) is 1. The molecule has 1 fully saturated rings. The van der Waals surface area contributed by atoms with E-state index in [0.717, 1.165) is 17.7 Å². The second-order valence-corrected chi connectivity index (χ2v) is 7.76. The smallest absolute Gasteiger partial charge is 0.252 e. The Balaban J connectivity index is 1.47. The molecule has 1 N–H and O–H groups in total. The number of hydrogen-bond acceptors (Lipinski definition) is 2. The average molecular weight is 385 g/mol. The summed E-state index contributed by atoms with van der Waals surface area (Å²) >= 11 is 0. The molecule has 0 aliphatic carbocycles. The number of benzene rings is 3. The summed E-state index contributed by atoms with van der Waals surface area (Å²) in [5.41, 5.74) is 4.12. The maximum absolute atomic E-state index is 13.0. The summed E-state index contributed by atoms with van der Waals surface area (Å²) in [6, 6.07) is 28.1. The highest BCUT2D eigenvalue weighted by atomic mass is 16.1. The summed E-state index contributed by atoms with van der Waals surface area (Å²) in [6.45, 7) is 3.33. The molecule has 1 aliphatic rings. The number of carbonyl (C=O) groups excluding carboxylic acids is 1. The van der Waals surface area contributed by atoms with E-state index in [9.17, 15) is 4.79 Å². The quantitative estimate of drug-likeness (QED) is 0.634. The molecule has 3 aromatic rings. The maximum Gasteiger partial charge on any atom is 0.252 e. The Labute approximate surface area is 173 Å². The minimum atomic E-state index is -0.169. The molecule has 3 heteroatoms. The first-order chi connectivity index (χ1) is 14.3. The third kappa shape index (κ3) is 5.12. The summed E-state index contributed by atoms with van der Waals surface area (Å²) in [5.74, 6) is -0.0489. The molecule has 3 nitrogen and oxygen atoms in total. The first kappa shape index (κ1) is 19.4. The first-order valence-electron chi connectivity index (χ1n) is 10.5. The van der Waals surface area contributed by atoms with Gasteiger partial charge in [0.15, 0.2) is 0 Å². The van der Waals surface area contributed by atoms with Crippen LogP contribution in [0.4, 0.5) is 0 Å². The fourth-order valence-electron chi connectivity index (χ4n) is 4.00. The Kier molecular flexibility index (Phi) is 6.38. The van der Waals surface area contributed by atoms with Crippen LogP contribution >= 0.6 is 0 Å². The van der Waals surface area contributed by atoms with Gasteiger partial charge in [-0.25, -0.2) is 0 Å².